The molecule has 0 saturated carbocycles. The molecule has 4 heterocycles. The van der Waals surface area contributed by atoms with Crippen molar-refractivity contribution >= 4 is 24.3 Å². The van der Waals surface area contributed by atoms with Gasteiger partial charge in [-0.3, -0.25) is 0 Å². The van der Waals surface area contributed by atoms with Crippen molar-refractivity contribution in [2.24, 2.45) is 0 Å². The molecule has 0 bridgehead atoms. The second kappa shape index (κ2) is 9.59. The first-order chi connectivity index (χ1) is 16.4. The number of fused-ring (bicyclic) bond motifs is 1. The van der Waals surface area contributed by atoms with Gasteiger partial charge in [-0.2, -0.15) is 0 Å². The minimum absolute atomic E-state index is 0.0506. The third-order valence-electron chi connectivity index (χ3n) is 6.52. The molecule has 0 N–H and O–H groups in total. The Hall–Kier alpha value is -0.631. The van der Waals surface area contributed by atoms with Gasteiger partial charge in [-0.15, -0.1) is 0 Å². The molecule has 0 radical (unpaired) electrons. The molecule has 10 nitrogen and oxygen atoms in total. The minimum atomic E-state index is -4.94. The monoisotopic (exact) mass is 580 g/mol. The molecule has 1 aromatic carbocycles. The Labute approximate surface area is 210 Å². The quantitative estimate of drug-likeness (QED) is 0.282. The van der Waals surface area contributed by atoms with E-state index in [1.54, 1.807) is 0 Å². The Balaban J connectivity index is 1.38. The van der Waals surface area contributed by atoms with Gasteiger partial charge in [0.25, 0.3) is 0 Å². The molecule has 1 aromatic rings. The molecule has 0 amide bonds. The molecule has 4 fully saturated rings. The summed E-state index contributed by atoms with van der Waals surface area (Å²) in [5.41, 5.74) is 0.809. The fraction of sp³-hybridized carbons (Fsp3) is 0.739. The molecular weight excluding hydrogens is 547 g/mol. The fourth-order valence-corrected chi connectivity index (χ4v) is 12.3. The third kappa shape index (κ3) is 5.94. The summed E-state index contributed by atoms with van der Waals surface area (Å²) in [6, 6.07) is 9.39. The van der Waals surface area contributed by atoms with Crippen molar-refractivity contribution in [2.75, 3.05) is 13.2 Å². The Morgan fingerprint density at radius 2 is 1.74 bits per heavy atom. The molecule has 4 saturated heterocycles. The van der Waals surface area contributed by atoms with Crippen molar-refractivity contribution in [3.05, 3.63) is 35.9 Å². The van der Waals surface area contributed by atoms with Crippen LogP contribution in [0, 0.1) is 0 Å². The SMILES string of the molecule is CC1(C)O[C@@H]2[C@@H]([C@H]3COC(C)(C)O3)[Se+](C[C@H]3OC(c4ccccc4)OC[C@@H]3OS(=O)(=O)[O-])C[C@@H]2O1. The van der Waals surface area contributed by atoms with Crippen LogP contribution in [0.4, 0.5) is 0 Å². The maximum absolute atomic E-state index is 11.5. The molecule has 4 aliphatic heterocycles. The topological polar surface area (TPSA) is 122 Å². The van der Waals surface area contributed by atoms with Crippen molar-refractivity contribution in [2.45, 2.75) is 91.5 Å². The Bertz CT molecular complexity index is 1000. The van der Waals surface area contributed by atoms with E-state index in [1.165, 1.54) is 0 Å². The van der Waals surface area contributed by atoms with Gasteiger partial charge in [0, 0.05) is 0 Å². The number of benzene rings is 1. The van der Waals surface area contributed by atoms with E-state index in [0.29, 0.717) is 11.9 Å². The van der Waals surface area contributed by atoms with Crippen molar-refractivity contribution in [1.82, 2.24) is 0 Å². The van der Waals surface area contributed by atoms with Crippen LogP contribution in [0.3, 0.4) is 0 Å². The average Bonchev–Trinajstić information content (AvgIpc) is 3.36. The summed E-state index contributed by atoms with van der Waals surface area (Å²) in [5.74, 6) is -1.38. The molecule has 196 valence electrons. The van der Waals surface area contributed by atoms with E-state index >= 15 is 0 Å². The molecule has 0 aliphatic carbocycles. The first-order valence-electron chi connectivity index (χ1n) is 11.7. The van der Waals surface area contributed by atoms with E-state index in [0.717, 1.165) is 10.9 Å². The van der Waals surface area contributed by atoms with Crippen molar-refractivity contribution in [3.8, 4) is 0 Å². The van der Waals surface area contributed by atoms with Crippen molar-refractivity contribution in [1.29, 1.82) is 0 Å². The van der Waals surface area contributed by atoms with E-state index in [9.17, 15) is 13.0 Å². The molecule has 12 heteroatoms. The second-order valence-corrected chi connectivity index (χ2v) is 15.9. The molecule has 4 aliphatic rings. The number of hydrogen-bond acceptors (Lipinski definition) is 10. The Kier molecular flexibility index (Phi) is 7.13. The van der Waals surface area contributed by atoms with Crippen LogP contribution in [-0.2, 0) is 43.0 Å². The van der Waals surface area contributed by atoms with Crippen LogP contribution in [0.15, 0.2) is 30.3 Å². The van der Waals surface area contributed by atoms with E-state index < -0.39 is 54.4 Å². The van der Waals surface area contributed by atoms with Gasteiger partial charge in [0.05, 0.1) is 0 Å². The van der Waals surface area contributed by atoms with Crippen molar-refractivity contribution in [3.63, 3.8) is 0 Å². The van der Waals surface area contributed by atoms with Gasteiger partial charge in [0.2, 0.25) is 0 Å². The number of rotatable bonds is 6. The summed E-state index contributed by atoms with van der Waals surface area (Å²) in [7, 11) is -4.94. The Morgan fingerprint density at radius 3 is 2.40 bits per heavy atom. The second-order valence-electron chi connectivity index (χ2n) is 10.1. The fourth-order valence-electron chi connectivity index (χ4n) is 5.22. The summed E-state index contributed by atoms with van der Waals surface area (Å²) >= 11 is -1.59. The van der Waals surface area contributed by atoms with Gasteiger partial charge in [-0.25, -0.2) is 0 Å². The standard InChI is InChI=1S/C23H32O10SSe/c1-22(2)28-11-16(30-22)20-19-18(31-23(3,4)32-19)13-35(20)12-17-15(33-34(24,25)26)10-27-21(29-17)14-8-6-5-7-9-14/h5-9,15-21H,10-13H2,1-4H3/t15-,16+,17+,18-,19-,20+,21?,35?/m0/s1. The average molecular weight is 580 g/mol. The van der Waals surface area contributed by atoms with E-state index in [1.807, 2.05) is 58.0 Å². The van der Waals surface area contributed by atoms with E-state index in [2.05, 4.69) is 0 Å². The van der Waals surface area contributed by atoms with Crippen molar-refractivity contribution < 1.29 is 45.6 Å². The zero-order valence-electron chi connectivity index (χ0n) is 20.2. The van der Waals surface area contributed by atoms with E-state index in [4.69, 9.17) is 32.6 Å². The van der Waals surface area contributed by atoms with Crippen LogP contribution in [0.25, 0.3) is 0 Å². The predicted octanol–water partition coefficient (Wildman–Crippen LogP) is 2.50. The summed E-state index contributed by atoms with van der Waals surface area (Å²) < 4.78 is 75.9. The van der Waals surface area contributed by atoms with Crippen LogP contribution >= 0.6 is 0 Å². The zero-order valence-corrected chi connectivity index (χ0v) is 22.7. The van der Waals surface area contributed by atoms with Gasteiger partial charge < -0.3 is 0 Å². The van der Waals surface area contributed by atoms with Crippen LogP contribution in [0.2, 0.25) is 15.5 Å². The predicted molar refractivity (Wildman–Crippen MR) is 122 cm³/mol. The molecule has 2 unspecified atom stereocenters. The van der Waals surface area contributed by atoms with Gasteiger partial charge in [-0.05, 0) is 0 Å². The summed E-state index contributed by atoms with van der Waals surface area (Å²) in [6.45, 7) is 7.96. The summed E-state index contributed by atoms with van der Waals surface area (Å²) in [5, 5.41) is 1.34. The summed E-state index contributed by atoms with van der Waals surface area (Å²) in [6.07, 6.45) is -2.76. The van der Waals surface area contributed by atoms with Gasteiger partial charge in [-0.1, -0.05) is 0 Å². The molecule has 0 aromatic heterocycles. The number of hydrogen-bond donors (Lipinski definition) is 0. The molecule has 35 heavy (non-hydrogen) atoms. The van der Waals surface area contributed by atoms with Crippen LogP contribution in [0.5, 0.6) is 0 Å². The first-order valence-corrected chi connectivity index (χ1v) is 16.4. The normalized spacial score (nSPS) is 40.6. The molecular formula is C23H32O10SSe. The third-order valence-corrected chi connectivity index (χ3v) is 13.0. The first kappa shape index (κ1) is 26.0. The van der Waals surface area contributed by atoms with Crippen LogP contribution in [0.1, 0.15) is 39.5 Å². The molecule has 0 spiro atoms. The molecule has 5 rings (SSSR count). The maximum atomic E-state index is 11.5. The van der Waals surface area contributed by atoms with Gasteiger partial charge in [0.1, 0.15) is 0 Å². The number of ether oxygens (including phenoxy) is 6. The van der Waals surface area contributed by atoms with Crippen LogP contribution < -0.4 is 0 Å². The zero-order chi connectivity index (χ0) is 25.0. The molecule has 8 atom stereocenters. The van der Waals surface area contributed by atoms with Gasteiger partial charge in [0.15, 0.2) is 0 Å². The van der Waals surface area contributed by atoms with Crippen LogP contribution in [-0.4, -0.2) is 82.2 Å². The van der Waals surface area contributed by atoms with E-state index in [-0.39, 0.29) is 29.7 Å². The Morgan fingerprint density at radius 1 is 1.03 bits per heavy atom. The van der Waals surface area contributed by atoms with Gasteiger partial charge >= 0.3 is 211 Å². The summed E-state index contributed by atoms with van der Waals surface area (Å²) in [4.78, 5) is 0.0506.